The number of hydrogen-bond donors (Lipinski definition) is 0. The smallest absolute Gasteiger partial charge is 0.119 e. The molecular formula is C14H20N2O2. The van der Waals surface area contributed by atoms with E-state index in [2.05, 4.69) is 17.0 Å². The van der Waals surface area contributed by atoms with Crippen LogP contribution < -0.4 is 10.5 Å². The summed E-state index contributed by atoms with van der Waals surface area (Å²) >= 11 is 0. The van der Waals surface area contributed by atoms with Gasteiger partial charge in [0.1, 0.15) is 5.75 Å². The summed E-state index contributed by atoms with van der Waals surface area (Å²) in [5.41, 5.74) is 9.98. The fourth-order valence-corrected chi connectivity index (χ4v) is 2.01. The maximum Gasteiger partial charge on any atom is 0.119 e. The second-order valence-electron chi connectivity index (χ2n) is 4.46. The molecule has 2 radical (unpaired) electrons. The van der Waals surface area contributed by atoms with Crippen LogP contribution in [0.25, 0.3) is 0 Å². The number of morpholine rings is 1. The first-order valence-electron chi connectivity index (χ1n) is 6.51. The minimum Gasteiger partial charge on any atom is -0.494 e. The van der Waals surface area contributed by atoms with Gasteiger partial charge in [-0.1, -0.05) is 12.1 Å². The van der Waals surface area contributed by atoms with Gasteiger partial charge in [0.25, 0.3) is 0 Å². The Balaban J connectivity index is 1.85. The maximum atomic E-state index is 8.72. The Hall–Kier alpha value is -1.10. The van der Waals surface area contributed by atoms with Gasteiger partial charge in [0.15, 0.2) is 0 Å². The second-order valence-corrected chi connectivity index (χ2v) is 4.46. The molecule has 98 valence electrons. The van der Waals surface area contributed by atoms with Crippen molar-refractivity contribution in [1.29, 1.82) is 0 Å². The molecule has 1 aliphatic rings. The summed E-state index contributed by atoms with van der Waals surface area (Å²) in [6.07, 6.45) is 0.674. The van der Waals surface area contributed by atoms with Crippen molar-refractivity contribution in [2.75, 3.05) is 39.5 Å². The molecule has 4 nitrogen and oxygen atoms in total. The van der Waals surface area contributed by atoms with E-state index in [1.54, 1.807) is 0 Å². The van der Waals surface area contributed by atoms with Gasteiger partial charge in [-0.05, 0) is 24.1 Å². The van der Waals surface area contributed by atoms with Crippen LogP contribution in [0.1, 0.15) is 12.0 Å². The molecule has 1 heterocycles. The number of hydrogen-bond acceptors (Lipinski definition) is 3. The summed E-state index contributed by atoms with van der Waals surface area (Å²) in [5.74, 6) is 0.884. The largest absolute Gasteiger partial charge is 0.494 e. The lowest BCUT2D eigenvalue weighted by Crippen LogP contribution is -2.35. The van der Waals surface area contributed by atoms with Gasteiger partial charge in [-0.2, -0.15) is 0 Å². The monoisotopic (exact) mass is 248 g/mol. The maximum absolute atomic E-state index is 8.72. The van der Waals surface area contributed by atoms with Gasteiger partial charge in [-0.15, -0.1) is 5.73 Å². The van der Waals surface area contributed by atoms with Crippen LogP contribution in [0, 0.1) is 0 Å². The highest BCUT2D eigenvalue weighted by atomic mass is 16.5. The fraction of sp³-hybridized carbons (Fsp3) is 0.571. The first kappa shape index (κ1) is 13.3. The first-order chi connectivity index (χ1) is 8.88. The third kappa shape index (κ3) is 4.29. The molecule has 1 saturated heterocycles. The summed E-state index contributed by atoms with van der Waals surface area (Å²) in [6, 6.07) is 8.17. The Morgan fingerprint density at radius 1 is 1.28 bits per heavy atom. The van der Waals surface area contributed by atoms with Crippen molar-refractivity contribution in [1.82, 2.24) is 10.6 Å². The van der Waals surface area contributed by atoms with Gasteiger partial charge in [-0.25, -0.2) is 0 Å². The molecule has 0 aromatic heterocycles. The summed E-state index contributed by atoms with van der Waals surface area (Å²) in [7, 11) is 0. The molecule has 0 N–H and O–H groups in total. The lowest BCUT2D eigenvalue weighted by atomic mass is 10.2. The van der Waals surface area contributed by atoms with Crippen LogP contribution >= 0.6 is 0 Å². The lowest BCUT2D eigenvalue weighted by Gasteiger charge is -2.26. The summed E-state index contributed by atoms with van der Waals surface area (Å²) in [5, 5.41) is 0. The number of ether oxygens (including phenoxy) is 2. The summed E-state index contributed by atoms with van der Waals surface area (Å²) < 4.78 is 10.9. The molecule has 1 fully saturated rings. The molecule has 0 atom stereocenters. The van der Waals surface area contributed by atoms with E-state index in [0.717, 1.165) is 38.6 Å². The zero-order valence-electron chi connectivity index (χ0n) is 10.7. The Morgan fingerprint density at radius 2 is 2.11 bits per heavy atom. The van der Waals surface area contributed by atoms with E-state index >= 15 is 0 Å². The zero-order chi connectivity index (χ0) is 12.6. The van der Waals surface area contributed by atoms with Gasteiger partial charge in [-0.3, -0.25) is 4.90 Å². The van der Waals surface area contributed by atoms with Gasteiger partial charge >= 0.3 is 0 Å². The predicted molar refractivity (Wildman–Crippen MR) is 69.7 cm³/mol. The van der Waals surface area contributed by atoms with Crippen LogP contribution in [0.4, 0.5) is 0 Å². The quantitative estimate of drug-likeness (QED) is 0.714. The Labute approximate surface area is 109 Å². The topological polar surface area (TPSA) is 44.0 Å². The molecule has 0 bridgehead atoms. The van der Waals surface area contributed by atoms with Crippen molar-refractivity contribution in [3.05, 3.63) is 29.8 Å². The highest BCUT2D eigenvalue weighted by Gasteiger charge is 2.10. The van der Waals surface area contributed by atoms with Crippen molar-refractivity contribution in [2.45, 2.75) is 13.0 Å². The Bertz CT molecular complexity index is 351. The van der Waals surface area contributed by atoms with Gasteiger partial charge in [0.2, 0.25) is 0 Å². The molecule has 0 spiro atoms. The second kappa shape index (κ2) is 7.36. The zero-order valence-corrected chi connectivity index (χ0v) is 10.7. The summed E-state index contributed by atoms with van der Waals surface area (Å²) in [4.78, 5) is 2.39. The van der Waals surface area contributed by atoms with Gasteiger partial charge < -0.3 is 9.47 Å². The van der Waals surface area contributed by atoms with Crippen LogP contribution in [-0.2, 0) is 11.3 Å². The Morgan fingerprint density at radius 3 is 2.89 bits per heavy atom. The average Bonchev–Trinajstić information content (AvgIpc) is 2.41. The normalized spacial score (nSPS) is 16.7. The van der Waals surface area contributed by atoms with Crippen molar-refractivity contribution in [3.8, 4) is 5.75 Å². The molecule has 1 aromatic carbocycles. The van der Waals surface area contributed by atoms with Gasteiger partial charge in [0.05, 0.1) is 19.8 Å². The molecular weight excluding hydrogens is 228 g/mol. The van der Waals surface area contributed by atoms with E-state index in [1.807, 2.05) is 12.1 Å². The predicted octanol–water partition coefficient (Wildman–Crippen LogP) is 1.36. The van der Waals surface area contributed by atoms with Gasteiger partial charge in [0, 0.05) is 26.2 Å². The minimum atomic E-state index is 0.174. The number of rotatable bonds is 6. The van der Waals surface area contributed by atoms with Crippen LogP contribution in [0.2, 0.25) is 0 Å². The molecule has 1 aromatic rings. The molecule has 2 rings (SSSR count). The molecule has 0 saturated carbocycles. The molecule has 1 aliphatic heterocycles. The van der Waals surface area contributed by atoms with Crippen molar-refractivity contribution in [3.63, 3.8) is 0 Å². The fourth-order valence-electron chi connectivity index (χ4n) is 2.01. The number of nitrogens with zero attached hydrogens (tertiary/aromatic N) is 2. The average molecular weight is 248 g/mol. The molecule has 18 heavy (non-hydrogen) atoms. The standard InChI is InChI=1S/C14H20N2O2/c15-5-2-8-18-14-4-1-3-13(11-14)12-16-6-9-17-10-7-16/h1,3-4,11H,2,5-10,12H2. The molecule has 0 aliphatic carbocycles. The highest BCUT2D eigenvalue weighted by molar-refractivity contribution is 5.28. The van der Waals surface area contributed by atoms with Crippen LogP contribution in [0.15, 0.2) is 24.3 Å². The van der Waals surface area contributed by atoms with E-state index in [4.69, 9.17) is 15.2 Å². The third-order valence-corrected chi connectivity index (χ3v) is 2.98. The minimum absolute atomic E-state index is 0.174. The van der Waals surface area contributed by atoms with Crippen molar-refractivity contribution in [2.24, 2.45) is 0 Å². The first-order valence-corrected chi connectivity index (χ1v) is 6.51. The molecule has 0 amide bonds. The van der Waals surface area contributed by atoms with Crippen LogP contribution in [0.5, 0.6) is 5.75 Å². The Kier molecular flexibility index (Phi) is 5.45. The van der Waals surface area contributed by atoms with E-state index in [-0.39, 0.29) is 6.54 Å². The van der Waals surface area contributed by atoms with Crippen molar-refractivity contribution < 1.29 is 9.47 Å². The molecule has 4 heteroatoms. The number of benzene rings is 1. The summed E-state index contributed by atoms with van der Waals surface area (Å²) in [6.45, 7) is 5.33. The van der Waals surface area contributed by atoms with E-state index < -0.39 is 0 Å². The lowest BCUT2D eigenvalue weighted by molar-refractivity contribution is 0.0341. The van der Waals surface area contributed by atoms with Crippen LogP contribution in [0.3, 0.4) is 0 Å². The highest BCUT2D eigenvalue weighted by Crippen LogP contribution is 2.15. The van der Waals surface area contributed by atoms with Crippen molar-refractivity contribution >= 4 is 0 Å². The molecule has 0 unspecified atom stereocenters. The van der Waals surface area contributed by atoms with Crippen LogP contribution in [-0.4, -0.2) is 44.4 Å². The van der Waals surface area contributed by atoms with E-state index in [9.17, 15) is 0 Å². The third-order valence-electron chi connectivity index (χ3n) is 2.98. The van der Waals surface area contributed by atoms with E-state index in [0.29, 0.717) is 13.0 Å². The SMILES string of the molecule is [N]CCCOc1cccc(CN2CCOCC2)c1. The van der Waals surface area contributed by atoms with E-state index in [1.165, 1.54) is 5.56 Å².